The van der Waals surface area contributed by atoms with Crippen molar-refractivity contribution in [2.24, 2.45) is 5.73 Å². The fourth-order valence-electron chi connectivity index (χ4n) is 2.37. The van der Waals surface area contributed by atoms with E-state index in [2.05, 4.69) is 10.6 Å². The summed E-state index contributed by atoms with van der Waals surface area (Å²) in [4.78, 5) is 24.4. The van der Waals surface area contributed by atoms with Crippen molar-refractivity contribution >= 4 is 35.1 Å². The standard InChI is InChI=1S/C16H15N3O2S/c17-16(21)19-12-6-3-5-11(9-12)18-15(20)14-8-10-4-1-2-7-13(10)22-14/h1-7,9,14H,8H2,(H,18,20)(H3,17,19,21). The maximum Gasteiger partial charge on any atom is 0.316 e. The van der Waals surface area contributed by atoms with Gasteiger partial charge < -0.3 is 16.4 Å². The molecule has 0 spiro atoms. The van der Waals surface area contributed by atoms with E-state index in [9.17, 15) is 9.59 Å². The van der Waals surface area contributed by atoms with Crippen LogP contribution in [0.15, 0.2) is 53.4 Å². The Hall–Kier alpha value is -2.47. The van der Waals surface area contributed by atoms with E-state index >= 15 is 0 Å². The van der Waals surface area contributed by atoms with E-state index in [4.69, 9.17) is 5.73 Å². The molecule has 1 heterocycles. The van der Waals surface area contributed by atoms with Crippen LogP contribution in [0.1, 0.15) is 5.56 Å². The summed E-state index contributed by atoms with van der Waals surface area (Å²) in [5, 5.41) is 5.23. The molecule has 3 amide bonds. The largest absolute Gasteiger partial charge is 0.351 e. The molecule has 0 aliphatic carbocycles. The second-order valence-corrected chi connectivity index (χ2v) is 6.22. The molecule has 0 radical (unpaired) electrons. The van der Waals surface area contributed by atoms with Gasteiger partial charge in [0.2, 0.25) is 5.91 Å². The molecule has 1 aliphatic heterocycles. The predicted molar refractivity (Wildman–Crippen MR) is 88.1 cm³/mol. The van der Waals surface area contributed by atoms with Crippen molar-refractivity contribution in [2.75, 3.05) is 10.6 Å². The number of amides is 3. The van der Waals surface area contributed by atoms with E-state index in [0.717, 1.165) is 11.3 Å². The highest BCUT2D eigenvalue weighted by atomic mass is 32.2. The van der Waals surface area contributed by atoms with Crippen LogP contribution >= 0.6 is 11.8 Å². The van der Waals surface area contributed by atoms with Crippen molar-refractivity contribution < 1.29 is 9.59 Å². The Labute approximate surface area is 132 Å². The zero-order valence-electron chi connectivity index (χ0n) is 11.7. The van der Waals surface area contributed by atoms with Crippen molar-refractivity contribution in [1.82, 2.24) is 0 Å². The van der Waals surface area contributed by atoms with E-state index in [0.29, 0.717) is 11.4 Å². The van der Waals surface area contributed by atoms with Crippen molar-refractivity contribution in [3.63, 3.8) is 0 Å². The third kappa shape index (κ3) is 3.23. The molecule has 1 atom stereocenters. The number of nitrogens with one attached hydrogen (secondary N) is 2. The number of hydrogen-bond acceptors (Lipinski definition) is 3. The third-order valence-electron chi connectivity index (χ3n) is 3.34. The normalized spacial score (nSPS) is 15.9. The number of nitrogens with two attached hydrogens (primary N) is 1. The molecule has 112 valence electrons. The van der Waals surface area contributed by atoms with Crippen LogP contribution in [0.2, 0.25) is 0 Å². The molecule has 1 aliphatic rings. The van der Waals surface area contributed by atoms with Gasteiger partial charge in [0.1, 0.15) is 0 Å². The molecule has 0 saturated heterocycles. The van der Waals surface area contributed by atoms with Crippen molar-refractivity contribution in [3.8, 4) is 0 Å². The summed E-state index contributed by atoms with van der Waals surface area (Å²) in [6.45, 7) is 0. The number of rotatable bonds is 3. The van der Waals surface area contributed by atoms with Gasteiger partial charge in [-0.2, -0.15) is 0 Å². The molecule has 1 unspecified atom stereocenters. The quantitative estimate of drug-likeness (QED) is 0.814. The molecule has 2 aromatic rings. The number of thioether (sulfide) groups is 1. The summed E-state index contributed by atoms with van der Waals surface area (Å²) in [7, 11) is 0. The lowest BCUT2D eigenvalue weighted by Gasteiger charge is -2.11. The van der Waals surface area contributed by atoms with E-state index in [1.165, 1.54) is 5.56 Å². The Morgan fingerprint density at radius 2 is 1.77 bits per heavy atom. The second kappa shape index (κ2) is 6.11. The fourth-order valence-corrected chi connectivity index (χ4v) is 3.56. The topological polar surface area (TPSA) is 84.2 Å². The first-order chi connectivity index (χ1) is 10.6. The van der Waals surface area contributed by atoms with Gasteiger partial charge in [-0.1, -0.05) is 24.3 Å². The highest BCUT2D eigenvalue weighted by Crippen LogP contribution is 2.37. The number of hydrogen-bond donors (Lipinski definition) is 3. The number of primary amides is 1. The molecule has 3 rings (SSSR count). The van der Waals surface area contributed by atoms with Crippen LogP contribution in [0.3, 0.4) is 0 Å². The number of carbonyl (C=O) groups is 2. The molecule has 4 N–H and O–H groups in total. The molecule has 2 aromatic carbocycles. The summed E-state index contributed by atoms with van der Waals surface area (Å²) >= 11 is 1.58. The lowest BCUT2D eigenvalue weighted by Crippen LogP contribution is -2.24. The summed E-state index contributed by atoms with van der Waals surface area (Å²) < 4.78 is 0. The van der Waals surface area contributed by atoms with Crippen molar-refractivity contribution in [3.05, 3.63) is 54.1 Å². The Morgan fingerprint density at radius 1 is 1.05 bits per heavy atom. The third-order valence-corrected chi connectivity index (χ3v) is 4.65. The van der Waals surface area contributed by atoms with Crippen molar-refractivity contribution in [2.45, 2.75) is 16.6 Å². The van der Waals surface area contributed by atoms with Gasteiger partial charge in [0, 0.05) is 16.3 Å². The first-order valence-corrected chi connectivity index (χ1v) is 7.72. The highest BCUT2D eigenvalue weighted by Gasteiger charge is 2.27. The molecule has 5 nitrogen and oxygen atoms in total. The Bertz CT molecular complexity index is 708. The monoisotopic (exact) mass is 313 g/mol. The zero-order valence-corrected chi connectivity index (χ0v) is 12.5. The average molecular weight is 313 g/mol. The number of anilines is 2. The first-order valence-electron chi connectivity index (χ1n) is 6.84. The van der Waals surface area contributed by atoms with Crippen molar-refractivity contribution in [1.29, 1.82) is 0 Å². The summed E-state index contributed by atoms with van der Waals surface area (Å²) in [5.74, 6) is -0.0441. The lowest BCUT2D eigenvalue weighted by atomic mass is 10.1. The summed E-state index contributed by atoms with van der Waals surface area (Å²) in [6.07, 6.45) is 0.728. The van der Waals surface area contributed by atoms with Gasteiger partial charge in [0.15, 0.2) is 0 Å². The minimum absolute atomic E-state index is 0.0441. The maximum atomic E-state index is 12.4. The van der Waals surface area contributed by atoms with Crippen LogP contribution in [-0.4, -0.2) is 17.2 Å². The van der Waals surface area contributed by atoms with Gasteiger partial charge in [-0.25, -0.2) is 4.79 Å². The Kier molecular flexibility index (Phi) is 4.02. The van der Waals surface area contributed by atoms with E-state index in [1.54, 1.807) is 36.0 Å². The van der Waals surface area contributed by atoms with Crippen LogP contribution < -0.4 is 16.4 Å². The van der Waals surface area contributed by atoms with Crippen LogP contribution in [0.4, 0.5) is 16.2 Å². The Balaban J connectivity index is 1.67. The first kappa shape index (κ1) is 14.5. The molecule has 6 heteroatoms. The molecule has 0 saturated carbocycles. The predicted octanol–water partition coefficient (Wildman–Crippen LogP) is 2.83. The van der Waals surface area contributed by atoms with Crippen LogP contribution in [0, 0.1) is 0 Å². The van der Waals surface area contributed by atoms with Gasteiger partial charge in [-0.3, -0.25) is 4.79 Å². The summed E-state index contributed by atoms with van der Waals surface area (Å²) in [5.41, 5.74) is 7.47. The number of benzene rings is 2. The number of carbonyl (C=O) groups excluding carboxylic acids is 2. The maximum absolute atomic E-state index is 12.4. The van der Waals surface area contributed by atoms with Gasteiger partial charge in [-0.05, 0) is 36.2 Å². The van der Waals surface area contributed by atoms with Gasteiger partial charge in [0.25, 0.3) is 0 Å². The van der Waals surface area contributed by atoms with E-state index in [1.807, 2.05) is 24.3 Å². The molecule has 22 heavy (non-hydrogen) atoms. The fraction of sp³-hybridized carbons (Fsp3) is 0.125. The highest BCUT2D eigenvalue weighted by molar-refractivity contribution is 8.01. The zero-order chi connectivity index (χ0) is 15.5. The lowest BCUT2D eigenvalue weighted by molar-refractivity contribution is -0.115. The van der Waals surface area contributed by atoms with Gasteiger partial charge in [0.05, 0.1) is 5.25 Å². The molecule has 0 aromatic heterocycles. The SMILES string of the molecule is NC(=O)Nc1cccc(NC(=O)C2Cc3ccccc3S2)c1. The molecule has 0 bridgehead atoms. The molecular weight excluding hydrogens is 298 g/mol. The van der Waals surface area contributed by atoms with Crippen LogP contribution in [0.25, 0.3) is 0 Å². The molecule has 0 fully saturated rings. The second-order valence-electron chi connectivity index (χ2n) is 4.98. The summed E-state index contributed by atoms with van der Waals surface area (Å²) in [6, 6.07) is 14.3. The molecular formula is C16H15N3O2S. The van der Waals surface area contributed by atoms with Crippen LogP contribution in [-0.2, 0) is 11.2 Å². The number of urea groups is 1. The van der Waals surface area contributed by atoms with Gasteiger partial charge >= 0.3 is 6.03 Å². The number of fused-ring (bicyclic) bond motifs is 1. The van der Waals surface area contributed by atoms with E-state index in [-0.39, 0.29) is 11.2 Å². The smallest absolute Gasteiger partial charge is 0.316 e. The van der Waals surface area contributed by atoms with Gasteiger partial charge in [-0.15, -0.1) is 11.8 Å². The minimum Gasteiger partial charge on any atom is -0.351 e. The van der Waals surface area contributed by atoms with Crippen LogP contribution in [0.5, 0.6) is 0 Å². The van der Waals surface area contributed by atoms with E-state index < -0.39 is 6.03 Å². The Morgan fingerprint density at radius 3 is 2.50 bits per heavy atom. The average Bonchev–Trinajstić information content (AvgIpc) is 2.91. The minimum atomic E-state index is -0.634.